The SMILES string of the molecule is Cn1ncc(-c2nc3cc(Cl)c(N)cc3o2)n1. The Morgan fingerprint density at radius 3 is 2.94 bits per heavy atom. The van der Waals surface area contributed by atoms with Crippen LogP contribution in [0, 0.1) is 0 Å². The lowest BCUT2D eigenvalue weighted by Gasteiger charge is -1.94. The average molecular weight is 250 g/mol. The van der Waals surface area contributed by atoms with E-state index in [2.05, 4.69) is 15.2 Å². The minimum absolute atomic E-state index is 0.398. The van der Waals surface area contributed by atoms with Crippen LogP contribution in [0.4, 0.5) is 5.69 Å². The summed E-state index contributed by atoms with van der Waals surface area (Å²) >= 11 is 5.91. The van der Waals surface area contributed by atoms with Crippen LogP contribution in [0.25, 0.3) is 22.7 Å². The molecule has 2 heterocycles. The topological polar surface area (TPSA) is 82.8 Å². The van der Waals surface area contributed by atoms with E-state index in [1.165, 1.54) is 4.80 Å². The van der Waals surface area contributed by atoms with Crippen molar-refractivity contribution in [1.82, 2.24) is 20.0 Å². The van der Waals surface area contributed by atoms with Gasteiger partial charge in [0, 0.05) is 13.1 Å². The molecule has 2 N–H and O–H groups in total. The van der Waals surface area contributed by atoms with Crippen molar-refractivity contribution in [3.63, 3.8) is 0 Å². The molecule has 0 bridgehead atoms. The van der Waals surface area contributed by atoms with Crippen molar-refractivity contribution in [2.45, 2.75) is 0 Å². The lowest BCUT2D eigenvalue weighted by Crippen LogP contribution is -1.91. The first kappa shape index (κ1) is 10.1. The van der Waals surface area contributed by atoms with Crippen molar-refractivity contribution in [1.29, 1.82) is 0 Å². The van der Waals surface area contributed by atoms with Gasteiger partial charge in [-0.1, -0.05) is 11.6 Å². The van der Waals surface area contributed by atoms with E-state index in [4.69, 9.17) is 21.8 Å². The zero-order valence-electron chi connectivity index (χ0n) is 8.88. The van der Waals surface area contributed by atoms with E-state index < -0.39 is 0 Å². The predicted molar refractivity (Wildman–Crippen MR) is 63.4 cm³/mol. The number of nitrogens with two attached hydrogens (primary N) is 1. The first-order valence-electron chi connectivity index (χ1n) is 4.86. The molecule has 0 atom stereocenters. The Bertz CT molecular complexity index is 663. The highest BCUT2D eigenvalue weighted by Crippen LogP contribution is 2.28. The molecule has 3 rings (SSSR count). The highest BCUT2D eigenvalue weighted by atomic mass is 35.5. The van der Waals surface area contributed by atoms with Gasteiger partial charge in [-0.05, 0) is 6.07 Å². The molecule has 0 aliphatic carbocycles. The van der Waals surface area contributed by atoms with Crippen LogP contribution in [-0.4, -0.2) is 20.0 Å². The molecule has 0 spiro atoms. The van der Waals surface area contributed by atoms with Gasteiger partial charge in [-0.3, -0.25) is 0 Å². The Morgan fingerprint density at radius 1 is 1.41 bits per heavy atom. The average Bonchev–Trinajstić information content (AvgIpc) is 2.85. The van der Waals surface area contributed by atoms with E-state index in [0.717, 1.165) is 0 Å². The number of aryl methyl sites for hydroxylation is 1. The fourth-order valence-corrected chi connectivity index (χ4v) is 1.68. The van der Waals surface area contributed by atoms with Gasteiger partial charge in [0.2, 0.25) is 5.89 Å². The van der Waals surface area contributed by atoms with Gasteiger partial charge >= 0.3 is 0 Å². The normalized spacial score (nSPS) is 11.2. The van der Waals surface area contributed by atoms with Crippen LogP contribution in [0.3, 0.4) is 0 Å². The van der Waals surface area contributed by atoms with Crippen LogP contribution in [0.2, 0.25) is 5.02 Å². The predicted octanol–water partition coefficient (Wildman–Crippen LogP) is 1.86. The maximum atomic E-state index is 5.91. The third kappa shape index (κ3) is 1.62. The Kier molecular flexibility index (Phi) is 2.05. The van der Waals surface area contributed by atoms with Gasteiger partial charge in [0.1, 0.15) is 5.52 Å². The minimum atomic E-state index is 0.398. The first-order chi connectivity index (χ1) is 8.13. The molecular formula is C10H8ClN5O. The van der Waals surface area contributed by atoms with Crippen LogP contribution in [0.1, 0.15) is 0 Å². The summed E-state index contributed by atoms with van der Waals surface area (Å²) in [4.78, 5) is 5.71. The minimum Gasteiger partial charge on any atom is -0.435 e. The van der Waals surface area contributed by atoms with Crippen LogP contribution in [0.15, 0.2) is 22.7 Å². The molecule has 0 amide bonds. The fourth-order valence-electron chi connectivity index (χ4n) is 1.52. The number of oxazole rings is 1. The van der Waals surface area contributed by atoms with Gasteiger partial charge in [-0.25, -0.2) is 4.98 Å². The molecule has 0 radical (unpaired) electrons. The van der Waals surface area contributed by atoms with Gasteiger partial charge in [0.05, 0.1) is 16.9 Å². The lowest BCUT2D eigenvalue weighted by molar-refractivity contribution is 0.608. The van der Waals surface area contributed by atoms with Crippen molar-refractivity contribution < 1.29 is 4.42 Å². The number of hydrogen-bond acceptors (Lipinski definition) is 5. The van der Waals surface area contributed by atoms with Crippen LogP contribution in [-0.2, 0) is 7.05 Å². The molecular weight excluding hydrogens is 242 g/mol. The van der Waals surface area contributed by atoms with Gasteiger partial charge in [-0.2, -0.15) is 9.90 Å². The Hall–Kier alpha value is -2.08. The second-order valence-corrected chi connectivity index (χ2v) is 3.99. The highest BCUT2D eigenvalue weighted by Gasteiger charge is 2.12. The number of aromatic nitrogens is 4. The Morgan fingerprint density at radius 2 is 2.24 bits per heavy atom. The van der Waals surface area contributed by atoms with Crippen molar-refractivity contribution in [2.24, 2.45) is 7.05 Å². The second-order valence-electron chi connectivity index (χ2n) is 3.58. The molecule has 0 saturated carbocycles. The third-order valence-corrected chi connectivity index (χ3v) is 2.65. The van der Waals surface area contributed by atoms with Crippen molar-refractivity contribution in [3.8, 4) is 11.6 Å². The molecule has 0 fully saturated rings. The Labute approximate surface area is 101 Å². The first-order valence-corrected chi connectivity index (χ1v) is 5.23. The number of rotatable bonds is 1. The van der Waals surface area contributed by atoms with Crippen LogP contribution in [0.5, 0.6) is 0 Å². The van der Waals surface area contributed by atoms with Crippen molar-refractivity contribution in [3.05, 3.63) is 23.4 Å². The second kappa shape index (κ2) is 3.46. The molecule has 0 saturated heterocycles. The third-order valence-electron chi connectivity index (χ3n) is 2.33. The van der Waals surface area contributed by atoms with Gasteiger partial charge in [-0.15, -0.1) is 5.10 Å². The van der Waals surface area contributed by atoms with Crippen LogP contribution >= 0.6 is 11.6 Å². The summed E-state index contributed by atoms with van der Waals surface area (Å²) in [7, 11) is 1.72. The number of benzene rings is 1. The van der Waals surface area contributed by atoms with Gasteiger partial charge < -0.3 is 10.2 Å². The van der Waals surface area contributed by atoms with E-state index in [1.807, 2.05) is 0 Å². The van der Waals surface area contributed by atoms with Crippen LogP contribution < -0.4 is 5.73 Å². The number of nitrogen functional groups attached to an aromatic ring is 1. The summed E-state index contributed by atoms with van der Waals surface area (Å²) in [5, 5.41) is 8.51. The van der Waals surface area contributed by atoms with E-state index in [1.54, 1.807) is 25.4 Å². The van der Waals surface area contributed by atoms with Gasteiger partial charge in [0.15, 0.2) is 11.3 Å². The zero-order valence-corrected chi connectivity index (χ0v) is 9.64. The monoisotopic (exact) mass is 249 g/mol. The van der Waals surface area contributed by atoms with Gasteiger partial charge in [0.25, 0.3) is 0 Å². The summed E-state index contributed by atoms with van der Waals surface area (Å²) in [6, 6.07) is 3.31. The molecule has 1 aromatic carbocycles. The summed E-state index contributed by atoms with van der Waals surface area (Å²) in [6.45, 7) is 0. The summed E-state index contributed by atoms with van der Waals surface area (Å²) in [5.41, 5.74) is 7.93. The molecule has 2 aromatic heterocycles. The molecule has 3 aromatic rings. The molecule has 0 aliphatic heterocycles. The maximum absolute atomic E-state index is 5.91. The lowest BCUT2D eigenvalue weighted by atomic mass is 10.3. The molecule has 7 heteroatoms. The molecule has 17 heavy (non-hydrogen) atoms. The number of hydrogen-bond donors (Lipinski definition) is 1. The van der Waals surface area contributed by atoms with Crippen molar-refractivity contribution in [2.75, 3.05) is 5.73 Å². The maximum Gasteiger partial charge on any atom is 0.249 e. The summed E-state index contributed by atoms with van der Waals surface area (Å²) < 4.78 is 5.54. The Balaban J connectivity index is 2.19. The van der Waals surface area contributed by atoms with E-state index >= 15 is 0 Å². The van der Waals surface area contributed by atoms with E-state index in [0.29, 0.717) is 33.4 Å². The largest absolute Gasteiger partial charge is 0.435 e. The molecule has 0 aliphatic rings. The molecule has 86 valence electrons. The highest BCUT2D eigenvalue weighted by molar-refractivity contribution is 6.33. The quantitative estimate of drug-likeness (QED) is 0.666. The van der Waals surface area contributed by atoms with E-state index in [9.17, 15) is 0 Å². The number of fused-ring (bicyclic) bond motifs is 1. The standard InChI is InChI=1S/C10H8ClN5O/c1-16-13-4-8(15-16)10-14-7-2-5(11)6(12)3-9(7)17-10/h2-4H,12H2,1H3. The molecule has 6 nitrogen and oxygen atoms in total. The van der Waals surface area contributed by atoms with Crippen molar-refractivity contribution >= 4 is 28.4 Å². The number of anilines is 1. The molecule has 0 unspecified atom stereocenters. The fraction of sp³-hybridized carbons (Fsp3) is 0.100. The summed E-state index contributed by atoms with van der Waals surface area (Å²) in [6.07, 6.45) is 1.58. The smallest absolute Gasteiger partial charge is 0.249 e. The number of halogens is 1. The van der Waals surface area contributed by atoms with E-state index in [-0.39, 0.29) is 0 Å². The zero-order chi connectivity index (χ0) is 12.0. The number of nitrogens with zero attached hydrogens (tertiary/aromatic N) is 4. The summed E-state index contributed by atoms with van der Waals surface area (Å²) in [5.74, 6) is 0.398.